The molecule has 0 amide bonds. The second kappa shape index (κ2) is 5.59. The quantitative estimate of drug-likeness (QED) is 0.571. The number of benzene rings is 2. The topological polar surface area (TPSA) is 46.5 Å². The van der Waals surface area contributed by atoms with Gasteiger partial charge >= 0.3 is 0 Å². The maximum Gasteiger partial charge on any atom is 0.232 e. The summed E-state index contributed by atoms with van der Waals surface area (Å²) < 4.78 is 7.73. The molecule has 2 aromatic rings. The van der Waals surface area contributed by atoms with E-state index in [1.54, 1.807) is 30.3 Å². The lowest BCUT2D eigenvalue weighted by molar-refractivity contribution is 0.101. The molecule has 0 fully saturated rings. The highest BCUT2D eigenvalue weighted by molar-refractivity contribution is 9.11. The number of phenols is 1. The zero-order chi connectivity index (χ0) is 15.1. The molecule has 0 bridgehead atoms. The minimum atomic E-state index is -0.170. The van der Waals surface area contributed by atoms with Gasteiger partial charge in [-0.05, 0) is 67.8 Å². The Bertz CT molecular complexity index is 797. The first-order chi connectivity index (χ1) is 9.95. The normalized spacial score (nSPS) is 15.2. The van der Waals surface area contributed by atoms with E-state index < -0.39 is 0 Å². The number of ketones is 1. The molecular formula is C15H7Br3O3. The van der Waals surface area contributed by atoms with Crippen molar-refractivity contribution in [1.82, 2.24) is 0 Å². The van der Waals surface area contributed by atoms with Gasteiger partial charge in [0.15, 0.2) is 11.5 Å². The minimum absolute atomic E-state index is 0.144. The number of hydrogen-bond acceptors (Lipinski definition) is 3. The Morgan fingerprint density at radius 3 is 2.52 bits per heavy atom. The Hall–Kier alpha value is -1.11. The lowest BCUT2D eigenvalue weighted by atomic mass is 10.1. The van der Waals surface area contributed by atoms with Crippen LogP contribution in [0.4, 0.5) is 0 Å². The van der Waals surface area contributed by atoms with Crippen LogP contribution in [-0.4, -0.2) is 10.9 Å². The van der Waals surface area contributed by atoms with Crippen LogP contribution < -0.4 is 4.74 Å². The molecule has 1 aliphatic heterocycles. The van der Waals surface area contributed by atoms with Crippen molar-refractivity contribution in [3.63, 3.8) is 0 Å². The summed E-state index contributed by atoms with van der Waals surface area (Å²) in [5.74, 6) is 0.746. The number of hydrogen-bond donors (Lipinski definition) is 1. The zero-order valence-corrected chi connectivity index (χ0v) is 15.1. The molecule has 2 aromatic carbocycles. The monoisotopic (exact) mass is 472 g/mol. The van der Waals surface area contributed by atoms with Crippen molar-refractivity contribution < 1.29 is 14.6 Å². The van der Waals surface area contributed by atoms with Gasteiger partial charge in [-0.15, -0.1) is 0 Å². The molecule has 0 atom stereocenters. The van der Waals surface area contributed by atoms with Crippen molar-refractivity contribution in [3.8, 4) is 11.5 Å². The molecule has 1 N–H and O–H groups in total. The summed E-state index contributed by atoms with van der Waals surface area (Å²) >= 11 is 9.98. The predicted octanol–water partition coefficient (Wildman–Crippen LogP) is 5.30. The molecule has 21 heavy (non-hydrogen) atoms. The van der Waals surface area contributed by atoms with Crippen molar-refractivity contribution in [2.24, 2.45) is 0 Å². The van der Waals surface area contributed by atoms with Gasteiger partial charge in [-0.3, -0.25) is 4.79 Å². The van der Waals surface area contributed by atoms with Gasteiger partial charge in [0.25, 0.3) is 0 Å². The van der Waals surface area contributed by atoms with Crippen LogP contribution in [-0.2, 0) is 0 Å². The van der Waals surface area contributed by atoms with Crippen molar-refractivity contribution in [2.45, 2.75) is 0 Å². The van der Waals surface area contributed by atoms with E-state index in [1.807, 2.05) is 6.07 Å². The average Bonchev–Trinajstić information content (AvgIpc) is 2.72. The second-order valence-electron chi connectivity index (χ2n) is 4.41. The smallest absolute Gasteiger partial charge is 0.232 e. The van der Waals surface area contributed by atoms with Gasteiger partial charge in [-0.2, -0.15) is 0 Å². The molecule has 0 saturated heterocycles. The maximum absolute atomic E-state index is 12.4. The fourth-order valence-corrected chi connectivity index (χ4v) is 3.68. The van der Waals surface area contributed by atoms with Gasteiger partial charge in [0.05, 0.1) is 14.5 Å². The summed E-state index contributed by atoms with van der Waals surface area (Å²) in [6.07, 6.45) is 1.65. The number of halogens is 3. The van der Waals surface area contributed by atoms with Crippen LogP contribution in [0.25, 0.3) is 6.08 Å². The Balaban J connectivity index is 2.03. The number of rotatable bonds is 1. The Labute approximate surface area is 146 Å². The summed E-state index contributed by atoms with van der Waals surface area (Å²) in [5.41, 5.74) is 1.27. The summed E-state index contributed by atoms with van der Waals surface area (Å²) in [6, 6.07) is 8.53. The van der Waals surface area contributed by atoms with Gasteiger partial charge in [0.2, 0.25) is 5.78 Å². The van der Waals surface area contributed by atoms with Gasteiger partial charge in [-0.1, -0.05) is 22.0 Å². The van der Waals surface area contributed by atoms with Crippen LogP contribution >= 0.6 is 47.8 Å². The van der Waals surface area contributed by atoms with Crippen molar-refractivity contribution in [3.05, 3.63) is 60.6 Å². The molecule has 1 heterocycles. The van der Waals surface area contributed by atoms with Crippen LogP contribution in [0.2, 0.25) is 0 Å². The van der Waals surface area contributed by atoms with Gasteiger partial charge < -0.3 is 9.84 Å². The molecular weight excluding hydrogens is 468 g/mol. The van der Waals surface area contributed by atoms with Crippen LogP contribution in [0.1, 0.15) is 15.9 Å². The molecule has 0 aromatic heterocycles. The van der Waals surface area contributed by atoms with E-state index in [0.717, 1.165) is 14.5 Å². The number of phenolic OH excluding ortho intramolecular Hbond substituents is 1. The molecule has 3 nitrogen and oxygen atoms in total. The number of carbonyl (C=O) groups is 1. The Morgan fingerprint density at radius 1 is 1.05 bits per heavy atom. The molecule has 6 heteroatoms. The minimum Gasteiger partial charge on any atom is -0.507 e. The van der Waals surface area contributed by atoms with E-state index in [1.165, 1.54) is 0 Å². The third-order valence-electron chi connectivity index (χ3n) is 2.96. The molecule has 0 spiro atoms. The Morgan fingerprint density at radius 2 is 1.81 bits per heavy atom. The number of aromatic hydroxyl groups is 1. The summed E-state index contributed by atoms with van der Waals surface area (Å²) in [5, 5.41) is 9.49. The van der Waals surface area contributed by atoms with Crippen molar-refractivity contribution in [2.75, 3.05) is 0 Å². The fraction of sp³-hybridized carbons (Fsp3) is 0. The molecule has 0 saturated carbocycles. The largest absolute Gasteiger partial charge is 0.507 e. The predicted molar refractivity (Wildman–Crippen MR) is 90.6 cm³/mol. The first-order valence-electron chi connectivity index (χ1n) is 5.87. The van der Waals surface area contributed by atoms with Crippen LogP contribution in [0.3, 0.4) is 0 Å². The number of carbonyl (C=O) groups excluding carboxylic acids is 1. The second-order valence-corrected chi connectivity index (χ2v) is 7.04. The number of allylic oxidation sites excluding steroid dienone is 1. The van der Waals surface area contributed by atoms with Crippen molar-refractivity contribution >= 4 is 59.6 Å². The molecule has 106 valence electrons. The van der Waals surface area contributed by atoms with Crippen molar-refractivity contribution in [1.29, 1.82) is 0 Å². The van der Waals surface area contributed by atoms with Gasteiger partial charge in [-0.25, -0.2) is 0 Å². The van der Waals surface area contributed by atoms with E-state index in [0.29, 0.717) is 15.8 Å². The fourth-order valence-electron chi connectivity index (χ4n) is 1.98. The first kappa shape index (κ1) is 14.8. The highest BCUT2D eigenvalue weighted by Gasteiger charge is 2.29. The standard InChI is InChI=1S/C15H7Br3O3/c16-8-5-9-14(20)13(21-15(9)11(18)6-8)4-7-1-2-12(19)10(17)3-7/h1-6,19H/b13-4-. The van der Waals surface area contributed by atoms with Crippen LogP contribution in [0, 0.1) is 0 Å². The van der Waals surface area contributed by atoms with E-state index in [-0.39, 0.29) is 17.3 Å². The Kier molecular flexibility index (Phi) is 3.94. The first-order valence-corrected chi connectivity index (χ1v) is 8.25. The third-order valence-corrected chi connectivity index (χ3v) is 4.64. The number of ether oxygens (including phenoxy) is 1. The molecule has 1 aliphatic rings. The summed E-state index contributed by atoms with van der Waals surface area (Å²) in [7, 11) is 0. The summed E-state index contributed by atoms with van der Waals surface area (Å²) in [6.45, 7) is 0. The van der Waals surface area contributed by atoms with Crippen LogP contribution in [0.15, 0.2) is 49.5 Å². The molecule has 0 radical (unpaired) electrons. The molecule has 0 aliphatic carbocycles. The molecule has 3 rings (SSSR count). The third kappa shape index (κ3) is 2.80. The van der Waals surface area contributed by atoms with E-state index in [2.05, 4.69) is 47.8 Å². The highest BCUT2D eigenvalue weighted by atomic mass is 79.9. The number of Topliss-reactive ketones (excluding diaryl/α,β-unsaturated/α-hetero) is 1. The SMILES string of the molecule is O=C1/C(=C/c2ccc(O)c(Br)c2)Oc2c(Br)cc(Br)cc21. The zero-order valence-electron chi connectivity index (χ0n) is 10.4. The van der Waals surface area contributed by atoms with E-state index in [4.69, 9.17) is 4.74 Å². The number of fused-ring (bicyclic) bond motifs is 1. The van der Waals surface area contributed by atoms with E-state index in [9.17, 15) is 9.90 Å². The highest BCUT2D eigenvalue weighted by Crippen LogP contribution is 2.40. The summed E-state index contributed by atoms with van der Waals surface area (Å²) in [4.78, 5) is 12.4. The van der Waals surface area contributed by atoms with Gasteiger partial charge in [0, 0.05) is 4.47 Å². The molecule has 0 unspecified atom stereocenters. The maximum atomic E-state index is 12.4. The van der Waals surface area contributed by atoms with E-state index >= 15 is 0 Å². The lowest BCUT2D eigenvalue weighted by Crippen LogP contribution is -1.98. The average molecular weight is 475 g/mol. The lowest BCUT2D eigenvalue weighted by Gasteiger charge is -2.02. The van der Waals surface area contributed by atoms with Gasteiger partial charge in [0.1, 0.15) is 5.75 Å². The van der Waals surface area contributed by atoms with Crippen LogP contribution in [0.5, 0.6) is 11.5 Å².